The Labute approximate surface area is 211 Å². The number of anilines is 3. The lowest BCUT2D eigenvalue weighted by atomic mass is 10.1. The smallest absolute Gasteiger partial charge is 0.338 e. The molecular weight excluding hydrogens is 488 g/mol. The number of benzene rings is 3. The first-order valence-corrected chi connectivity index (χ1v) is 11.4. The quantitative estimate of drug-likeness (QED) is 0.368. The van der Waals surface area contributed by atoms with Crippen molar-refractivity contribution in [1.82, 2.24) is 0 Å². The number of carbonyl (C=O) groups is 3. The van der Waals surface area contributed by atoms with Gasteiger partial charge in [-0.1, -0.05) is 0 Å². The van der Waals surface area contributed by atoms with E-state index >= 15 is 0 Å². The maximum absolute atomic E-state index is 13.6. The minimum absolute atomic E-state index is 0.0927. The van der Waals surface area contributed by atoms with Gasteiger partial charge in [0.15, 0.2) is 5.11 Å². The fourth-order valence-electron chi connectivity index (χ4n) is 3.78. The maximum atomic E-state index is 13.6. The van der Waals surface area contributed by atoms with Gasteiger partial charge in [0, 0.05) is 11.4 Å². The van der Waals surface area contributed by atoms with Crippen molar-refractivity contribution in [2.24, 2.45) is 0 Å². The largest absolute Gasteiger partial charge is 0.462 e. The molecule has 0 spiro atoms. The molecule has 4 rings (SSSR count). The Balaban J connectivity index is 1.62. The average Bonchev–Trinajstić information content (AvgIpc) is 3.10. The molecule has 0 saturated carbocycles. The minimum atomic E-state index is -1.02. The van der Waals surface area contributed by atoms with Crippen LogP contribution in [0.2, 0.25) is 0 Å². The highest BCUT2D eigenvalue weighted by atomic mass is 32.1. The standard InChI is InChI=1S/C26H21F2N3O4S/c1-2-35-25(34)16-3-11-21(12-4-16)31-24(33)22(15-23(32)29-19-9-5-17(27)6-10-19)30(26(31)36)20-13-7-18(28)8-14-20/h3-14,22H,2,15H2,1H3,(H,29,32). The third-order valence-electron chi connectivity index (χ3n) is 5.46. The second-order valence-corrected chi connectivity index (χ2v) is 8.21. The fourth-order valence-corrected chi connectivity index (χ4v) is 4.21. The number of ether oxygens (including phenoxy) is 1. The number of thiocarbonyl (C=S) groups is 1. The monoisotopic (exact) mass is 509 g/mol. The van der Waals surface area contributed by atoms with Crippen LogP contribution in [-0.2, 0) is 14.3 Å². The van der Waals surface area contributed by atoms with Gasteiger partial charge in [0.2, 0.25) is 5.91 Å². The Morgan fingerprint density at radius 2 is 1.47 bits per heavy atom. The van der Waals surface area contributed by atoms with Gasteiger partial charge in [-0.15, -0.1) is 0 Å². The lowest BCUT2D eigenvalue weighted by Crippen LogP contribution is -2.38. The number of rotatable bonds is 7. The van der Waals surface area contributed by atoms with Crippen molar-refractivity contribution in [2.75, 3.05) is 21.7 Å². The molecule has 0 aromatic heterocycles. The third-order valence-corrected chi connectivity index (χ3v) is 5.84. The van der Waals surface area contributed by atoms with Crippen LogP contribution in [0.25, 0.3) is 0 Å². The second-order valence-electron chi connectivity index (χ2n) is 7.84. The van der Waals surface area contributed by atoms with Gasteiger partial charge in [-0.2, -0.15) is 0 Å². The van der Waals surface area contributed by atoms with Crippen LogP contribution in [0.1, 0.15) is 23.7 Å². The van der Waals surface area contributed by atoms with Crippen molar-refractivity contribution < 1.29 is 27.9 Å². The van der Waals surface area contributed by atoms with E-state index in [1.54, 1.807) is 19.1 Å². The van der Waals surface area contributed by atoms with Crippen molar-refractivity contribution in [2.45, 2.75) is 19.4 Å². The highest BCUT2D eigenvalue weighted by Crippen LogP contribution is 2.32. The molecule has 0 bridgehead atoms. The number of hydrogen-bond acceptors (Lipinski definition) is 5. The molecule has 1 atom stereocenters. The summed E-state index contributed by atoms with van der Waals surface area (Å²) in [5.41, 5.74) is 1.50. The van der Waals surface area contributed by atoms with E-state index < -0.39 is 35.5 Å². The number of carbonyl (C=O) groups excluding carboxylic acids is 3. The van der Waals surface area contributed by atoms with Crippen molar-refractivity contribution in [1.29, 1.82) is 0 Å². The minimum Gasteiger partial charge on any atom is -0.462 e. The van der Waals surface area contributed by atoms with E-state index in [-0.39, 0.29) is 18.1 Å². The molecule has 0 aliphatic carbocycles. The Kier molecular flexibility index (Phi) is 7.35. The summed E-state index contributed by atoms with van der Waals surface area (Å²) in [5, 5.41) is 2.73. The molecule has 184 valence electrons. The molecule has 1 fully saturated rings. The first-order chi connectivity index (χ1) is 17.3. The van der Waals surface area contributed by atoms with E-state index in [2.05, 4.69) is 5.32 Å². The summed E-state index contributed by atoms with van der Waals surface area (Å²) in [6, 6.07) is 15.7. The van der Waals surface area contributed by atoms with Gasteiger partial charge in [0.25, 0.3) is 5.91 Å². The van der Waals surface area contributed by atoms with Crippen molar-refractivity contribution in [3.63, 3.8) is 0 Å². The Morgan fingerprint density at radius 3 is 2.06 bits per heavy atom. The summed E-state index contributed by atoms with van der Waals surface area (Å²) < 4.78 is 31.7. The van der Waals surface area contributed by atoms with Crippen LogP contribution in [0, 0.1) is 11.6 Å². The van der Waals surface area contributed by atoms with Gasteiger partial charge in [-0.3, -0.25) is 14.5 Å². The van der Waals surface area contributed by atoms with E-state index in [1.165, 1.54) is 70.5 Å². The summed E-state index contributed by atoms with van der Waals surface area (Å²) in [7, 11) is 0. The highest BCUT2D eigenvalue weighted by molar-refractivity contribution is 7.81. The fraction of sp³-hybridized carbons (Fsp3) is 0.154. The van der Waals surface area contributed by atoms with Crippen molar-refractivity contribution in [3.05, 3.63) is 90.0 Å². The molecule has 36 heavy (non-hydrogen) atoms. The van der Waals surface area contributed by atoms with Crippen molar-refractivity contribution in [3.8, 4) is 0 Å². The van der Waals surface area contributed by atoms with Crippen LogP contribution in [-0.4, -0.2) is 35.5 Å². The Hall–Kier alpha value is -4.18. The number of nitrogens with zero attached hydrogens (tertiary/aromatic N) is 2. The van der Waals surface area contributed by atoms with Crippen LogP contribution in [0.15, 0.2) is 72.8 Å². The van der Waals surface area contributed by atoms with Crippen LogP contribution in [0.4, 0.5) is 25.8 Å². The molecule has 1 saturated heterocycles. The topological polar surface area (TPSA) is 78.9 Å². The molecule has 1 N–H and O–H groups in total. The molecule has 1 unspecified atom stereocenters. The van der Waals surface area contributed by atoms with E-state index in [1.807, 2.05) is 0 Å². The predicted octanol–water partition coefficient (Wildman–Crippen LogP) is 4.68. The average molecular weight is 510 g/mol. The first-order valence-electron chi connectivity index (χ1n) is 11.0. The summed E-state index contributed by atoms with van der Waals surface area (Å²) in [6.07, 6.45) is -0.273. The molecule has 1 aliphatic heterocycles. The molecule has 10 heteroatoms. The van der Waals surface area contributed by atoms with Gasteiger partial charge < -0.3 is 15.0 Å². The van der Waals surface area contributed by atoms with E-state index in [4.69, 9.17) is 17.0 Å². The van der Waals surface area contributed by atoms with E-state index in [0.29, 0.717) is 22.6 Å². The predicted molar refractivity (Wildman–Crippen MR) is 135 cm³/mol. The third kappa shape index (κ3) is 5.23. The molecule has 1 heterocycles. The Morgan fingerprint density at radius 1 is 0.917 bits per heavy atom. The second kappa shape index (κ2) is 10.6. The molecular formula is C26H21F2N3O4S. The van der Waals surface area contributed by atoms with Gasteiger partial charge in [0.1, 0.15) is 17.7 Å². The van der Waals surface area contributed by atoms with Crippen LogP contribution in [0.5, 0.6) is 0 Å². The van der Waals surface area contributed by atoms with Gasteiger partial charge in [-0.05, 0) is 91.9 Å². The number of halogens is 2. The van der Waals surface area contributed by atoms with Crippen molar-refractivity contribution >= 4 is 52.2 Å². The number of hydrogen-bond donors (Lipinski definition) is 1. The Bertz CT molecular complexity index is 1300. The zero-order chi connectivity index (χ0) is 25.8. The lowest BCUT2D eigenvalue weighted by molar-refractivity contribution is -0.122. The zero-order valence-electron chi connectivity index (χ0n) is 19.1. The summed E-state index contributed by atoms with van der Waals surface area (Å²) in [5.74, 6) is -2.37. The highest BCUT2D eigenvalue weighted by Gasteiger charge is 2.45. The molecule has 3 aromatic rings. The van der Waals surface area contributed by atoms with Gasteiger partial charge >= 0.3 is 5.97 Å². The molecule has 2 amide bonds. The number of nitrogens with one attached hydrogen (secondary N) is 1. The summed E-state index contributed by atoms with van der Waals surface area (Å²) >= 11 is 5.61. The summed E-state index contributed by atoms with van der Waals surface area (Å²) in [4.78, 5) is 41.1. The zero-order valence-corrected chi connectivity index (χ0v) is 19.9. The SMILES string of the molecule is CCOC(=O)c1ccc(N2C(=O)C(CC(=O)Nc3ccc(F)cc3)N(c3ccc(F)cc3)C2=S)cc1. The normalized spacial score (nSPS) is 15.2. The van der Waals surface area contributed by atoms with Crippen LogP contribution >= 0.6 is 12.2 Å². The van der Waals surface area contributed by atoms with Gasteiger partial charge in [0.05, 0.1) is 24.3 Å². The molecule has 0 radical (unpaired) electrons. The molecule has 3 aromatic carbocycles. The van der Waals surface area contributed by atoms with E-state index in [0.717, 1.165) is 0 Å². The van der Waals surface area contributed by atoms with Gasteiger partial charge in [-0.25, -0.2) is 13.6 Å². The lowest BCUT2D eigenvalue weighted by Gasteiger charge is -2.24. The number of amides is 2. The molecule has 1 aliphatic rings. The summed E-state index contributed by atoms with van der Waals surface area (Å²) in [6.45, 7) is 1.92. The van der Waals surface area contributed by atoms with Crippen LogP contribution < -0.4 is 15.1 Å². The maximum Gasteiger partial charge on any atom is 0.338 e. The number of esters is 1. The van der Waals surface area contributed by atoms with E-state index in [9.17, 15) is 23.2 Å². The van der Waals surface area contributed by atoms with Crippen LogP contribution in [0.3, 0.4) is 0 Å². The molecule has 7 nitrogen and oxygen atoms in total. The first kappa shape index (κ1) is 24.9.